The van der Waals surface area contributed by atoms with E-state index in [1.807, 2.05) is 81.4 Å². The first-order valence-corrected chi connectivity index (χ1v) is 14.5. The molecule has 42 heavy (non-hydrogen) atoms. The molecular weight excluding hydrogens is 546 g/mol. The van der Waals surface area contributed by atoms with Crippen LogP contribution < -0.4 is 20.7 Å². The van der Waals surface area contributed by atoms with Gasteiger partial charge in [0.1, 0.15) is 11.4 Å². The lowest BCUT2D eigenvalue weighted by Gasteiger charge is -2.13. The van der Waals surface area contributed by atoms with Crippen molar-refractivity contribution >= 4 is 46.9 Å². The van der Waals surface area contributed by atoms with Gasteiger partial charge in [0.15, 0.2) is 0 Å². The van der Waals surface area contributed by atoms with Crippen LogP contribution in [0, 0.1) is 13.8 Å². The van der Waals surface area contributed by atoms with Crippen LogP contribution in [0.1, 0.15) is 34.0 Å². The Labute approximate surface area is 250 Å². The summed E-state index contributed by atoms with van der Waals surface area (Å²) in [5, 5.41) is 8.55. The maximum absolute atomic E-state index is 13.4. The molecule has 0 spiro atoms. The molecule has 0 saturated heterocycles. The average molecular weight is 580 g/mol. The van der Waals surface area contributed by atoms with E-state index in [1.165, 1.54) is 11.8 Å². The van der Waals surface area contributed by atoms with Gasteiger partial charge < -0.3 is 20.7 Å². The fraction of sp³-hybridized carbons (Fsp3) is 0.147. The minimum atomic E-state index is -0.487. The van der Waals surface area contributed by atoms with E-state index in [9.17, 15) is 14.4 Å². The van der Waals surface area contributed by atoms with Gasteiger partial charge in [-0.05, 0) is 80.9 Å². The number of benzene rings is 4. The highest BCUT2D eigenvalue weighted by molar-refractivity contribution is 8.00. The number of hydrogen-bond acceptors (Lipinski definition) is 5. The highest BCUT2D eigenvalue weighted by atomic mass is 32.2. The second kappa shape index (κ2) is 14.7. The molecule has 8 heteroatoms. The molecule has 0 aliphatic carbocycles. The van der Waals surface area contributed by atoms with Crippen LogP contribution in [0.25, 0.3) is 6.08 Å². The van der Waals surface area contributed by atoms with Crippen LogP contribution in [0.5, 0.6) is 5.75 Å². The van der Waals surface area contributed by atoms with Crippen molar-refractivity contribution in [2.75, 3.05) is 23.0 Å². The monoisotopic (exact) mass is 579 g/mol. The predicted molar refractivity (Wildman–Crippen MR) is 170 cm³/mol. The number of aryl methyl sites for hydroxylation is 2. The quantitative estimate of drug-likeness (QED) is 0.134. The predicted octanol–water partition coefficient (Wildman–Crippen LogP) is 6.84. The third-order valence-corrected chi connectivity index (χ3v) is 7.20. The van der Waals surface area contributed by atoms with Crippen molar-refractivity contribution in [2.24, 2.45) is 0 Å². The van der Waals surface area contributed by atoms with Gasteiger partial charge in [0.05, 0.1) is 12.4 Å². The Morgan fingerprint density at radius 3 is 2.26 bits per heavy atom. The van der Waals surface area contributed by atoms with Crippen molar-refractivity contribution in [3.8, 4) is 5.75 Å². The number of para-hydroxylation sites is 1. The molecule has 4 rings (SSSR count). The summed E-state index contributed by atoms with van der Waals surface area (Å²) in [7, 11) is 0. The van der Waals surface area contributed by atoms with Gasteiger partial charge >= 0.3 is 0 Å². The van der Waals surface area contributed by atoms with Crippen molar-refractivity contribution in [1.82, 2.24) is 5.32 Å². The fourth-order valence-electron chi connectivity index (χ4n) is 4.11. The lowest BCUT2D eigenvalue weighted by Crippen LogP contribution is -2.30. The van der Waals surface area contributed by atoms with Crippen LogP contribution in [-0.4, -0.2) is 30.1 Å². The first-order valence-electron chi connectivity index (χ1n) is 13.5. The van der Waals surface area contributed by atoms with Crippen molar-refractivity contribution in [1.29, 1.82) is 0 Å². The van der Waals surface area contributed by atoms with E-state index in [0.29, 0.717) is 29.2 Å². The van der Waals surface area contributed by atoms with Gasteiger partial charge in [-0.25, -0.2) is 0 Å². The largest absolute Gasteiger partial charge is 0.493 e. The second-order valence-electron chi connectivity index (χ2n) is 9.48. The first kappa shape index (κ1) is 30.1. The average Bonchev–Trinajstić information content (AvgIpc) is 2.99. The second-order valence-corrected chi connectivity index (χ2v) is 10.5. The maximum atomic E-state index is 13.4. The number of carbonyl (C=O) groups excluding carboxylic acids is 3. The van der Waals surface area contributed by atoms with Crippen molar-refractivity contribution < 1.29 is 19.1 Å². The molecule has 214 valence electrons. The third-order valence-electron chi connectivity index (χ3n) is 6.19. The Bertz CT molecular complexity index is 1580. The standard InChI is InChI=1S/C34H33N3O4S/c1-4-41-31-13-9-8-12-26(31)21-30(37-33(39)25-10-6-5-7-11-25)34(40)35-27-15-17-28(18-16-27)42-22-32(38)36-29-19-14-23(2)20-24(29)3/h5-21H,4,22H2,1-3H3,(H,35,40)(H,36,38)(H,37,39)/b30-21-. The number of thioether (sulfide) groups is 1. The topological polar surface area (TPSA) is 96.5 Å². The summed E-state index contributed by atoms with van der Waals surface area (Å²) in [5.41, 5.74) is 4.66. The van der Waals surface area contributed by atoms with E-state index < -0.39 is 11.8 Å². The Hall–Kier alpha value is -4.82. The van der Waals surface area contributed by atoms with Gasteiger partial charge in [-0.3, -0.25) is 14.4 Å². The summed E-state index contributed by atoms with van der Waals surface area (Å²) in [6.07, 6.45) is 1.60. The van der Waals surface area contributed by atoms with E-state index in [-0.39, 0.29) is 17.4 Å². The smallest absolute Gasteiger partial charge is 0.272 e. The molecule has 3 N–H and O–H groups in total. The summed E-state index contributed by atoms with van der Waals surface area (Å²) in [6.45, 7) is 6.32. The molecule has 0 aromatic heterocycles. The molecule has 0 fully saturated rings. The number of nitrogens with one attached hydrogen (secondary N) is 3. The highest BCUT2D eigenvalue weighted by Gasteiger charge is 2.16. The van der Waals surface area contributed by atoms with E-state index in [0.717, 1.165) is 21.7 Å². The molecule has 0 aliphatic heterocycles. The van der Waals surface area contributed by atoms with Crippen LogP contribution in [0.4, 0.5) is 11.4 Å². The molecule has 7 nitrogen and oxygen atoms in total. The lowest BCUT2D eigenvalue weighted by molar-refractivity contribution is -0.114. The maximum Gasteiger partial charge on any atom is 0.272 e. The van der Waals surface area contributed by atoms with Crippen molar-refractivity contribution in [3.63, 3.8) is 0 Å². The van der Waals surface area contributed by atoms with Gasteiger partial charge in [-0.15, -0.1) is 11.8 Å². The SMILES string of the molecule is CCOc1ccccc1/C=C(\NC(=O)c1ccccc1)C(=O)Nc1ccc(SCC(=O)Nc2ccc(C)cc2C)cc1. The summed E-state index contributed by atoms with van der Waals surface area (Å²) in [5.74, 6) is -0.144. The molecule has 0 bridgehead atoms. The third kappa shape index (κ3) is 8.59. The molecule has 0 radical (unpaired) electrons. The molecule has 3 amide bonds. The Balaban J connectivity index is 1.44. The van der Waals surface area contributed by atoms with Crippen LogP contribution in [-0.2, 0) is 9.59 Å². The molecular formula is C34H33N3O4S. The number of amides is 3. The van der Waals surface area contributed by atoms with Gasteiger partial charge in [-0.1, -0.05) is 54.1 Å². The zero-order valence-electron chi connectivity index (χ0n) is 23.8. The molecule has 4 aromatic rings. The minimum absolute atomic E-state index is 0.0672. The van der Waals surface area contributed by atoms with Gasteiger partial charge in [0.25, 0.3) is 11.8 Å². The van der Waals surface area contributed by atoms with Crippen LogP contribution in [0.3, 0.4) is 0 Å². The van der Waals surface area contributed by atoms with E-state index in [1.54, 1.807) is 42.5 Å². The minimum Gasteiger partial charge on any atom is -0.493 e. The summed E-state index contributed by atoms with van der Waals surface area (Å²) in [4.78, 5) is 39.7. The Morgan fingerprint density at radius 2 is 1.55 bits per heavy atom. The van der Waals surface area contributed by atoms with Gasteiger partial charge in [0, 0.05) is 27.4 Å². The van der Waals surface area contributed by atoms with Gasteiger partial charge in [0.2, 0.25) is 5.91 Å². The lowest BCUT2D eigenvalue weighted by atomic mass is 10.1. The molecule has 4 aromatic carbocycles. The van der Waals surface area contributed by atoms with Gasteiger partial charge in [-0.2, -0.15) is 0 Å². The molecule has 0 saturated carbocycles. The number of hydrogen-bond donors (Lipinski definition) is 3. The fourth-order valence-corrected chi connectivity index (χ4v) is 4.81. The number of anilines is 2. The number of carbonyl (C=O) groups is 3. The highest BCUT2D eigenvalue weighted by Crippen LogP contribution is 2.24. The molecule has 0 aliphatic rings. The summed E-state index contributed by atoms with van der Waals surface area (Å²) in [6, 6.07) is 29.1. The summed E-state index contributed by atoms with van der Waals surface area (Å²) >= 11 is 1.40. The zero-order chi connectivity index (χ0) is 29.9. The van der Waals surface area contributed by atoms with E-state index in [2.05, 4.69) is 16.0 Å². The number of ether oxygens (including phenoxy) is 1. The molecule has 0 atom stereocenters. The van der Waals surface area contributed by atoms with Crippen LogP contribution >= 0.6 is 11.8 Å². The summed E-state index contributed by atoms with van der Waals surface area (Å²) < 4.78 is 5.70. The number of rotatable bonds is 11. The van der Waals surface area contributed by atoms with E-state index in [4.69, 9.17) is 4.74 Å². The first-order chi connectivity index (χ1) is 20.3. The Kier molecular flexibility index (Phi) is 10.6. The van der Waals surface area contributed by atoms with Crippen LogP contribution in [0.15, 0.2) is 108 Å². The molecule has 0 heterocycles. The molecule has 0 unspecified atom stereocenters. The van der Waals surface area contributed by atoms with Crippen LogP contribution in [0.2, 0.25) is 0 Å². The zero-order valence-corrected chi connectivity index (χ0v) is 24.6. The van der Waals surface area contributed by atoms with E-state index >= 15 is 0 Å². The van der Waals surface area contributed by atoms with Crippen molar-refractivity contribution in [3.05, 3.63) is 125 Å². The Morgan fingerprint density at radius 1 is 0.833 bits per heavy atom. The van der Waals surface area contributed by atoms with Crippen molar-refractivity contribution in [2.45, 2.75) is 25.7 Å². The normalized spacial score (nSPS) is 11.0.